The Labute approximate surface area is 144 Å². The number of thiophene rings is 1. The highest BCUT2D eigenvalue weighted by Gasteiger charge is 2.16. The van der Waals surface area contributed by atoms with Crippen molar-refractivity contribution in [2.24, 2.45) is 0 Å². The number of nitro benzene ring substituents is 1. The number of hydrogen-bond acceptors (Lipinski definition) is 5. The summed E-state index contributed by atoms with van der Waals surface area (Å²) in [6.07, 6.45) is 1.56. The van der Waals surface area contributed by atoms with Crippen molar-refractivity contribution < 1.29 is 14.1 Å². The Hall–Kier alpha value is -2.06. The minimum atomic E-state index is -0.794. The van der Waals surface area contributed by atoms with Gasteiger partial charge in [-0.05, 0) is 33.4 Å². The van der Waals surface area contributed by atoms with E-state index in [9.17, 15) is 14.5 Å². The lowest BCUT2D eigenvalue weighted by molar-refractivity contribution is -0.385. The molecule has 0 aliphatic carbocycles. The predicted octanol–water partition coefficient (Wildman–Crippen LogP) is 5.92. The first-order valence-electron chi connectivity index (χ1n) is 6.70. The Morgan fingerprint density at radius 3 is 2.74 bits per heavy atom. The smallest absolute Gasteiger partial charge is 0.272 e. The summed E-state index contributed by atoms with van der Waals surface area (Å²) in [6, 6.07) is 5.08. The largest absolute Gasteiger partial charge is 0.451 e. The Morgan fingerprint density at radius 2 is 2.09 bits per heavy atom. The number of aromatic nitrogens is 1. The maximum absolute atomic E-state index is 13.9. The lowest BCUT2D eigenvalue weighted by Crippen LogP contribution is -1.93. The average molecular weight is 399 g/mol. The molecule has 0 saturated carbocycles. The van der Waals surface area contributed by atoms with E-state index in [1.54, 1.807) is 6.20 Å². The molecule has 8 heteroatoms. The van der Waals surface area contributed by atoms with Crippen molar-refractivity contribution in [3.05, 3.63) is 56.2 Å². The first-order valence-corrected chi connectivity index (χ1v) is 8.37. The maximum atomic E-state index is 13.9. The van der Waals surface area contributed by atoms with Gasteiger partial charge in [0, 0.05) is 12.3 Å². The van der Waals surface area contributed by atoms with Crippen LogP contribution in [0.4, 0.5) is 10.1 Å². The van der Waals surface area contributed by atoms with Gasteiger partial charge < -0.3 is 4.74 Å². The lowest BCUT2D eigenvalue weighted by atomic mass is 10.3. The van der Waals surface area contributed by atoms with Gasteiger partial charge in [0.2, 0.25) is 0 Å². The van der Waals surface area contributed by atoms with Gasteiger partial charge in [-0.3, -0.25) is 15.1 Å². The first-order chi connectivity index (χ1) is 11.1. The Kier molecular flexibility index (Phi) is 5.62. The molecule has 0 aliphatic heterocycles. The lowest BCUT2D eigenvalue weighted by Gasteiger charge is -2.09. The van der Waals surface area contributed by atoms with Crippen molar-refractivity contribution in [2.45, 2.75) is 13.8 Å². The highest BCUT2D eigenvalue weighted by Crippen LogP contribution is 2.39. The maximum Gasteiger partial charge on any atom is 0.272 e. The summed E-state index contributed by atoms with van der Waals surface area (Å²) in [6.45, 7) is 4.00. The summed E-state index contributed by atoms with van der Waals surface area (Å²) in [5.41, 5.74) is 0.412. The zero-order valence-electron chi connectivity index (χ0n) is 12.2. The van der Waals surface area contributed by atoms with Gasteiger partial charge in [0.05, 0.1) is 25.7 Å². The van der Waals surface area contributed by atoms with Crippen molar-refractivity contribution in [1.29, 1.82) is 0 Å². The normalized spacial score (nSPS) is 10.1. The number of fused-ring (bicyclic) bond motifs is 1. The van der Waals surface area contributed by atoms with Crippen LogP contribution in [0.5, 0.6) is 11.5 Å². The van der Waals surface area contributed by atoms with Gasteiger partial charge in [-0.15, -0.1) is 11.3 Å². The van der Waals surface area contributed by atoms with Crippen LogP contribution in [-0.4, -0.2) is 9.91 Å². The molecule has 0 unspecified atom stereocenters. The van der Waals surface area contributed by atoms with E-state index < -0.39 is 10.7 Å². The Bertz CT molecular complexity index is 854. The SMILES string of the molecule is CC.O=[N+]([O-])c1ccc(Oc2c(Br)cnc3ccsc23)c(F)c1. The summed E-state index contributed by atoms with van der Waals surface area (Å²) < 4.78 is 20.8. The molecule has 0 atom stereocenters. The molecule has 0 saturated heterocycles. The minimum absolute atomic E-state index is 0.0813. The molecule has 2 aromatic heterocycles. The summed E-state index contributed by atoms with van der Waals surface area (Å²) >= 11 is 4.72. The van der Waals surface area contributed by atoms with Crippen LogP contribution in [0, 0.1) is 15.9 Å². The molecular weight excluding hydrogens is 387 g/mol. The number of hydrogen-bond donors (Lipinski definition) is 0. The summed E-state index contributed by atoms with van der Waals surface area (Å²) in [5.74, 6) is -0.442. The second-order valence-corrected chi connectivity index (χ2v) is 5.81. The van der Waals surface area contributed by atoms with Crippen LogP contribution in [0.1, 0.15) is 13.8 Å². The third-order valence-electron chi connectivity index (χ3n) is 2.72. The zero-order chi connectivity index (χ0) is 17.0. The molecular formula is C15H12BrFN2O3S. The fourth-order valence-corrected chi connectivity index (χ4v) is 3.10. The van der Waals surface area contributed by atoms with Crippen LogP contribution in [0.15, 0.2) is 40.3 Å². The molecule has 1 aromatic carbocycles. The number of nitro groups is 1. The van der Waals surface area contributed by atoms with Crippen molar-refractivity contribution >= 4 is 43.2 Å². The Morgan fingerprint density at radius 1 is 1.35 bits per heavy atom. The van der Waals surface area contributed by atoms with Crippen LogP contribution >= 0.6 is 27.3 Å². The molecule has 120 valence electrons. The number of halogens is 2. The number of rotatable bonds is 3. The molecule has 0 bridgehead atoms. The van der Waals surface area contributed by atoms with Gasteiger partial charge in [0.25, 0.3) is 5.69 Å². The van der Waals surface area contributed by atoms with E-state index in [4.69, 9.17) is 4.74 Å². The molecule has 3 aromatic rings. The molecule has 0 N–H and O–H groups in total. The van der Waals surface area contributed by atoms with Crippen molar-refractivity contribution in [3.63, 3.8) is 0 Å². The highest BCUT2D eigenvalue weighted by atomic mass is 79.9. The van der Waals surface area contributed by atoms with E-state index in [0.717, 1.165) is 16.3 Å². The molecule has 0 amide bonds. The van der Waals surface area contributed by atoms with Crippen molar-refractivity contribution in [2.75, 3.05) is 0 Å². The zero-order valence-corrected chi connectivity index (χ0v) is 14.6. The van der Waals surface area contributed by atoms with Gasteiger partial charge in [0.1, 0.15) is 0 Å². The van der Waals surface area contributed by atoms with Gasteiger partial charge >= 0.3 is 0 Å². The fraction of sp³-hybridized carbons (Fsp3) is 0.133. The van der Waals surface area contributed by atoms with E-state index in [2.05, 4.69) is 20.9 Å². The van der Waals surface area contributed by atoms with Crippen LogP contribution in [0.2, 0.25) is 0 Å². The summed E-state index contributed by atoms with van der Waals surface area (Å²) in [4.78, 5) is 14.1. The minimum Gasteiger partial charge on any atom is -0.451 e. The quantitative estimate of drug-likeness (QED) is 0.405. The van der Waals surface area contributed by atoms with Crippen LogP contribution in [0.25, 0.3) is 10.2 Å². The van der Waals surface area contributed by atoms with Gasteiger partial charge in [-0.2, -0.15) is 0 Å². The van der Waals surface area contributed by atoms with Crippen LogP contribution in [0.3, 0.4) is 0 Å². The third kappa shape index (κ3) is 3.65. The summed E-state index contributed by atoms with van der Waals surface area (Å²) in [7, 11) is 0. The number of benzene rings is 1. The van der Waals surface area contributed by atoms with Crippen LogP contribution < -0.4 is 4.74 Å². The fourth-order valence-electron chi connectivity index (χ4n) is 1.76. The second kappa shape index (κ2) is 7.47. The van der Waals surface area contributed by atoms with E-state index in [0.29, 0.717) is 10.2 Å². The number of pyridine rings is 1. The highest BCUT2D eigenvalue weighted by molar-refractivity contribution is 9.10. The van der Waals surface area contributed by atoms with Crippen molar-refractivity contribution in [3.8, 4) is 11.5 Å². The summed E-state index contributed by atoms with van der Waals surface area (Å²) in [5, 5.41) is 12.5. The second-order valence-electron chi connectivity index (χ2n) is 4.04. The molecule has 5 nitrogen and oxygen atoms in total. The molecule has 0 aliphatic rings. The average Bonchev–Trinajstić information content (AvgIpc) is 3.02. The molecule has 0 spiro atoms. The number of non-ortho nitro benzene ring substituents is 1. The van der Waals surface area contributed by atoms with Gasteiger partial charge in [0.15, 0.2) is 17.3 Å². The molecule has 0 radical (unpaired) electrons. The van der Waals surface area contributed by atoms with Gasteiger partial charge in [-0.1, -0.05) is 13.8 Å². The van der Waals surface area contributed by atoms with E-state index >= 15 is 0 Å². The van der Waals surface area contributed by atoms with E-state index in [1.165, 1.54) is 23.5 Å². The number of nitrogens with zero attached hydrogens (tertiary/aromatic N) is 2. The van der Waals surface area contributed by atoms with Crippen molar-refractivity contribution in [1.82, 2.24) is 4.98 Å². The molecule has 2 heterocycles. The third-order valence-corrected chi connectivity index (χ3v) is 4.19. The first kappa shape index (κ1) is 17.3. The van der Waals surface area contributed by atoms with E-state index in [1.807, 2.05) is 25.3 Å². The predicted molar refractivity (Wildman–Crippen MR) is 91.8 cm³/mol. The van der Waals surface area contributed by atoms with Crippen LogP contribution in [-0.2, 0) is 0 Å². The Balaban J connectivity index is 0.000000924. The molecule has 0 fully saturated rings. The standard InChI is InChI=1S/C13H6BrFN2O3S.C2H6/c14-8-6-16-10-3-4-21-13(10)12(8)20-11-2-1-7(17(18)19)5-9(11)15;1-2/h1-6H;1-2H3. The molecule has 23 heavy (non-hydrogen) atoms. The topological polar surface area (TPSA) is 65.3 Å². The van der Waals surface area contributed by atoms with E-state index in [-0.39, 0.29) is 11.4 Å². The van der Waals surface area contributed by atoms with Gasteiger partial charge in [-0.25, -0.2) is 4.39 Å². The molecule has 3 rings (SSSR count). The monoisotopic (exact) mass is 398 g/mol. The number of ether oxygens (including phenoxy) is 1.